The van der Waals surface area contributed by atoms with E-state index in [2.05, 4.69) is 20.3 Å². The number of hydrogen-bond donors (Lipinski definition) is 2. The SMILES string of the molecule is COCCCn1nc(C)cc1-c1cn(C)c(-c2nc(C(N)=O)cc3[nH]ncc23)n1. The Morgan fingerprint density at radius 2 is 2.14 bits per heavy atom. The summed E-state index contributed by atoms with van der Waals surface area (Å²) in [7, 11) is 3.57. The van der Waals surface area contributed by atoms with Gasteiger partial charge in [0.1, 0.15) is 17.1 Å². The third-order valence-corrected chi connectivity index (χ3v) is 4.66. The third-order valence-electron chi connectivity index (χ3n) is 4.66. The predicted molar refractivity (Wildman–Crippen MR) is 107 cm³/mol. The van der Waals surface area contributed by atoms with Crippen molar-refractivity contribution >= 4 is 16.8 Å². The Kier molecular flexibility index (Phi) is 4.85. The Bertz CT molecular complexity index is 1190. The van der Waals surface area contributed by atoms with Gasteiger partial charge in [-0.15, -0.1) is 0 Å². The molecule has 10 nitrogen and oxygen atoms in total. The van der Waals surface area contributed by atoms with E-state index in [0.717, 1.165) is 35.4 Å². The zero-order chi connectivity index (χ0) is 20.5. The van der Waals surface area contributed by atoms with E-state index in [9.17, 15) is 4.79 Å². The number of rotatable bonds is 7. The maximum atomic E-state index is 11.7. The summed E-state index contributed by atoms with van der Waals surface area (Å²) in [6.07, 6.45) is 4.43. The van der Waals surface area contributed by atoms with E-state index in [1.165, 1.54) is 0 Å². The number of ether oxygens (including phenoxy) is 1. The predicted octanol–water partition coefficient (Wildman–Crippen LogP) is 1.67. The van der Waals surface area contributed by atoms with Crippen LogP contribution in [0, 0.1) is 6.92 Å². The summed E-state index contributed by atoms with van der Waals surface area (Å²) in [4.78, 5) is 21.0. The standard InChI is InChI=1S/C19H22N8O2/c1-11-7-16(27(25-11)5-4-6-29-3)15-10-26(2)19(23-15)17-12-9-21-24-13(12)8-14(22-17)18(20)28/h7-10H,4-6H2,1-3H3,(H2,20,28)(H,21,24). The number of methoxy groups -OCH3 is 1. The number of aryl methyl sites for hydroxylation is 3. The monoisotopic (exact) mass is 394 g/mol. The average molecular weight is 394 g/mol. The zero-order valence-electron chi connectivity index (χ0n) is 16.5. The molecule has 0 saturated carbocycles. The van der Waals surface area contributed by atoms with Crippen LogP contribution in [0.15, 0.2) is 24.5 Å². The van der Waals surface area contributed by atoms with Crippen molar-refractivity contribution in [2.75, 3.05) is 13.7 Å². The van der Waals surface area contributed by atoms with Crippen molar-refractivity contribution in [3.05, 3.63) is 35.9 Å². The molecule has 0 atom stereocenters. The van der Waals surface area contributed by atoms with Crippen LogP contribution in [0.4, 0.5) is 0 Å². The van der Waals surface area contributed by atoms with Gasteiger partial charge in [-0.2, -0.15) is 10.2 Å². The maximum Gasteiger partial charge on any atom is 0.267 e. The van der Waals surface area contributed by atoms with Crippen LogP contribution in [0.25, 0.3) is 33.8 Å². The summed E-state index contributed by atoms with van der Waals surface area (Å²) in [5.74, 6) is 0.000761. The van der Waals surface area contributed by atoms with Crippen LogP contribution in [0.3, 0.4) is 0 Å². The molecule has 0 radical (unpaired) electrons. The number of carbonyl (C=O) groups excluding carboxylic acids is 1. The van der Waals surface area contributed by atoms with Crippen LogP contribution in [-0.4, -0.2) is 54.1 Å². The Hall–Kier alpha value is -3.53. The number of nitrogens with two attached hydrogens (primary N) is 1. The maximum absolute atomic E-state index is 11.7. The summed E-state index contributed by atoms with van der Waals surface area (Å²) in [5.41, 5.74) is 9.41. The highest BCUT2D eigenvalue weighted by atomic mass is 16.5. The fraction of sp³-hybridized carbons (Fsp3) is 0.316. The topological polar surface area (TPSA) is 130 Å². The lowest BCUT2D eigenvalue weighted by molar-refractivity contribution is 0.0996. The minimum atomic E-state index is -0.607. The number of carbonyl (C=O) groups is 1. The molecular formula is C19H22N8O2. The third kappa shape index (κ3) is 3.49. The number of nitrogens with zero attached hydrogens (tertiary/aromatic N) is 6. The number of amides is 1. The normalized spacial score (nSPS) is 11.4. The van der Waals surface area contributed by atoms with Gasteiger partial charge in [-0.3, -0.25) is 14.6 Å². The quantitative estimate of drug-likeness (QED) is 0.459. The first kappa shape index (κ1) is 18.8. The van der Waals surface area contributed by atoms with Gasteiger partial charge in [-0.25, -0.2) is 9.97 Å². The van der Waals surface area contributed by atoms with E-state index in [1.807, 2.05) is 35.5 Å². The second-order valence-electron chi connectivity index (χ2n) is 6.85. The summed E-state index contributed by atoms with van der Waals surface area (Å²) >= 11 is 0. The van der Waals surface area contributed by atoms with Crippen molar-refractivity contribution in [2.45, 2.75) is 19.9 Å². The van der Waals surface area contributed by atoms with E-state index in [4.69, 9.17) is 15.5 Å². The lowest BCUT2D eigenvalue weighted by atomic mass is 10.2. The van der Waals surface area contributed by atoms with Crippen LogP contribution in [-0.2, 0) is 18.3 Å². The molecule has 4 aromatic rings. The highest BCUT2D eigenvalue weighted by Crippen LogP contribution is 2.29. The van der Waals surface area contributed by atoms with E-state index in [0.29, 0.717) is 23.6 Å². The molecule has 0 spiro atoms. The van der Waals surface area contributed by atoms with Gasteiger partial charge in [-0.05, 0) is 25.5 Å². The summed E-state index contributed by atoms with van der Waals surface area (Å²) in [6, 6.07) is 3.59. The molecule has 10 heteroatoms. The van der Waals surface area contributed by atoms with Crippen molar-refractivity contribution in [3.8, 4) is 22.9 Å². The molecule has 1 amide bonds. The molecule has 0 unspecified atom stereocenters. The molecule has 0 aliphatic carbocycles. The Morgan fingerprint density at radius 1 is 1.31 bits per heavy atom. The van der Waals surface area contributed by atoms with Gasteiger partial charge in [0.25, 0.3) is 5.91 Å². The number of pyridine rings is 1. The Labute approximate surface area is 166 Å². The van der Waals surface area contributed by atoms with Crippen molar-refractivity contribution in [1.82, 2.24) is 34.5 Å². The van der Waals surface area contributed by atoms with Gasteiger partial charge in [0, 0.05) is 38.9 Å². The molecule has 4 heterocycles. The molecule has 0 aromatic carbocycles. The molecule has 3 N–H and O–H groups in total. The van der Waals surface area contributed by atoms with Gasteiger partial charge in [0.15, 0.2) is 5.82 Å². The van der Waals surface area contributed by atoms with Gasteiger partial charge >= 0.3 is 0 Å². The second-order valence-corrected chi connectivity index (χ2v) is 6.85. The molecule has 29 heavy (non-hydrogen) atoms. The molecule has 0 aliphatic heterocycles. The van der Waals surface area contributed by atoms with E-state index in [1.54, 1.807) is 19.4 Å². The van der Waals surface area contributed by atoms with Gasteiger partial charge in [0.05, 0.1) is 23.1 Å². The highest BCUT2D eigenvalue weighted by molar-refractivity contribution is 5.98. The van der Waals surface area contributed by atoms with Gasteiger partial charge in [-0.1, -0.05) is 0 Å². The van der Waals surface area contributed by atoms with Crippen LogP contribution in [0.5, 0.6) is 0 Å². The number of nitrogens with one attached hydrogen (secondary N) is 1. The van der Waals surface area contributed by atoms with Crippen molar-refractivity contribution < 1.29 is 9.53 Å². The number of hydrogen-bond acceptors (Lipinski definition) is 6. The van der Waals surface area contributed by atoms with Crippen LogP contribution in [0.1, 0.15) is 22.6 Å². The molecule has 0 fully saturated rings. The number of aromatic nitrogens is 7. The van der Waals surface area contributed by atoms with Crippen LogP contribution in [0.2, 0.25) is 0 Å². The number of aromatic amines is 1. The number of imidazole rings is 1. The molecule has 0 aliphatic rings. The van der Waals surface area contributed by atoms with E-state index in [-0.39, 0.29) is 5.69 Å². The summed E-state index contributed by atoms with van der Waals surface area (Å²) in [5, 5.41) is 12.3. The fourth-order valence-corrected chi connectivity index (χ4v) is 3.33. The Morgan fingerprint density at radius 3 is 2.90 bits per heavy atom. The Balaban J connectivity index is 1.80. The van der Waals surface area contributed by atoms with Gasteiger partial charge in [0.2, 0.25) is 0 Å². The smallest absolute Gasteiger partial charge is 0.267 e. The molecular weight excluding hydrogens is 372 g/mol. The molecule has 150 valence electrons. The highest BCUT2D eigenvalue weighted by Gasteiger charge is 2.19. The number of H-pyrrole nitrogens is 1. The minimum absolute atomic E-state index is 0.154. The lowest BCUT2D eigenvalue weighted by Crippen LogP contribution is -2.13. The van der Waals surface area contributed by atoms with Crippen LogP contribution >= 0.6 is 0 Å². The lowest BCUT2D eigenvalue weighted by Gasteiger charge is -2.05. The fourth-order valence-electron chi connectivity index (χ4n) is 3.33. The first-order chi connectivity index (χ1) is 14.0. The zero-order valence-corrected chi connectivity index (χ0v) is 16.5. The van der Waals surface area contributed by atoms with Gasteiger partial charge < -0.3 is 15.0 Å². The first-order valence-electron chi connectivity index (χ1n) is 9.19. The molecule has 0 bridgehead atoms. The summed E-state index contributed by atoms with van der Waals surface area (Å²) < 4.78 is 8.95. The van der Waals surface area contributed by atoms with E-state index < -0.39 is 5.91 Å². The van der Waals surface area contributed by atoms with Crippen molar-refractivity contribution in [2.24, 2.45) is 12.8 Å². The minimum Gasteiger partial charge on any atom is -0.385 e. The van der Waals surface area contributed by atoms with Crippen molar-refractivity contribution in [3.63, 3.8) is 0 Å². The summed E-state index contributed by atoms with van der Waals surface area (Å²) in [6.45, 7) is 3.34. The molecule has 4 aromatic heterocycles. The first-order valence-corrected chi connectivity index (χ1v) is 9.19. The molecule has 4 rings (SSSR count). The molecule has 0 saturated heterocycles. The number of fused-ring (bicyclic) bond motifs is 1. The van der Waals surface area contributed by atoms with E-state index >= 15 is 0 Å². The van der Waals surface area contributed by atoms with Crippen molar-refractivity contribution in [1.29, 1.82) is 0 Å². The van der Waals surface area contributed by atoms with Crippen LogP contribution < -0.4 is 5.73 Å². The average Bonchev–Trinajstić information content (AvgIpc) is 3.39. The largest absolute Gasteiger partial charge is 0.385 e. The number of primary amides is 1. The second kappa shape index (κ2) is 7.47.